The van der Waals surface area contributed by atoms with Gasteiger partial charge in [-0.25, -0.2) is 4.79 Å². The zero-order valence-electron chi connectivity index (χ0n) is 15.2. The van der Waals surface area contributed by atoms with Gasteiger partial charge in [0.2, 0.25) is 0 Å². The summed E-state index contributed by atoms with van der Waals surface area (Å²) in [6.07, 6.45) is 2.69. The highest BCUT2D eigenvalue weighted by Crippen LogP contribution is 2.31. The molecule has 2 rings (SSSR count). The minimum absolute atomic E-state index is 0.215. The highest BCUT2D eigenvalue weighted by molar-refractivity contribution is 6.32. The molecule has 1 N–H and O–H groups in total. The lowest BCUT2D eigenvalue weighted by Crippen LogP contribution is -2.20. The maximum atomic E-state index is 11.9. The van der Waals surface area contributed by atoms with Crippen LogP contribution in [0.25, 0.3) is 6.08 Å². The molecule has 0 unspecified atom stereocenters. The van der Waals surface area contributed by atoms with Gasteiger partial charge in [0, 0.05) is 17.3 Å². The van der Waals surface area contributed by atoms with Gasteiger partial charge in [0.1, 0.15) is 6.07 Å². The first-order valence-corrected chi connectivity index (χ1v) is 8.41. The quantitative estimate of drug-likeness (QED) is 0.565. The van der Waals surface area contributed by atoms with E-state index in [4.69, 9.17) is 31.1 Å². The molecule has 0 heterocycles. The molecular weight excluding hydrogens is 384 g/mol. The Hall–Kier alpha value is -3.50. The molecular formula is C20H17ClN2O5. The van der Waals surface area contributed by atoms with E-state index in [9.17, 15) is 9.59 Å². The summed E-state index contributed by atoms with van der Waals surface area (Å²) in [6, 6.07) is 11.6. The highest BCUT2D eigenvalue weighted by Gasteiger charge is 2.09. The minimum atomic E-state index is -0.696. The lowest BCUT2D eigenvalue weighted by atomic mass is 10.1. The van der Waals surface area contributed by atoms with Crippen molar-refractivity contribution in [2.24, 2.45) is 0 Å². The number of nitrogens with zero attached hydrogens (tertiary/aromatic N) is 1. The van der Waals surface area contributed by atoms with Gasteiger partial charge in [-0.1, -0.05) is 23.7 Å². The number of anilines is 1. The van der Waals surface area contributed by atoms with Crippen molar-refractivity contribution < 1.29 is 23.8 Å². The summed E-state index contributed by atoms with van der Waals surface area (Å²) in [7, 11) is 3.01. The number of carbonyl (C=O) groups excluding carboxylic acids is 2. The molecule has 0 bridgehead atoms. The number of rotatable bonds is 7. The van der Waals surface area contributed by atoms with Gasteiger partial charge in [0.25, 0.3) is 5.91 Å². The first kappa shape index (κ1) is 20.8. The van der Waals surface area contributed by atoms with E-state index in [1.807, 2.05) is 6.07 Å². The van der Waals surface area contributed by atoms with Crippen molar-refractivity contribution in [1.29, 1.82) is 5.26 Å². The van der Waals surface area contributed by atoms with Gasteiger partial charge in [-0.3, -0.25) is 4.79 Å². The molecule has 8 heteroatoms. The Labute approximate surface area is 167 Å². The van der Waals surface area contributed by atoms with Crippen LogP contribution < -0.4 is 14.8 Å². The Morgan fingerprint density at radius 3 is 2.64 bits per heavy atom. The molecule has 144 valence electrons. The molecule has 2 aromatic carbocycles. The maximum absolute atomic E-state index is 11.9. The molecule has 0 aromatic heterocycles. The Morgan fingerprint density at radius 1 is 1.21 bits per heavy atom. The predicted octanol–water partition coefficient (Wildman–Crippen LogP) is 3.42. The standard InChI is InChI=1S/C20H17ClN2O5/c1-26-17-5-3-4-13(20(17)27-2)7-9-19(25)28-12-18(24)23-15-8-6-14(11-22)16(21)10-15/h3-10H,12H2,1-2H3,(H,23,24)/b9-7+. The summed E-state index contributed by atoms with van der Waals surface area (Å²) in [5.74, 6) is -0.234. The van der Waals surface area contributed by atoms with E-state index < -0.39 is 18.5 Å². The molecule has 28 heavy (non-hydrogen) atoms. The topological polar surface area (TPSA) is 97.6 Å². The fourth-order valence-electron chi connectivity index (χ4n) is 2.27. The van der Waals surface area contributed by atoms with Gasteiger partial charge in [-0.15, -0.1) is 0 Å². The number of nitrogens with one attached hydrogen (secondary N) is 1. The van der Waals surface area contributed by atoms with Crippen LogP contribution in [0.2, 0.25) is 5.02 Å². The molecule has 0 aliphatic carbocycles. The number of esters is 1. The number of carbonyl (C=O) groups is 2. The molecule has 0 aliphatic heterocycles. The van der Waals surface area contributed by atoms with Gasteiger partial charge in [-0.2, -0.15) is 5.26 Å². The van der Waals surface area contributed by atoms with Crippen LogP contribution >= 0.6 is 11.6 Å². The largest absolute Gasteiger partial charge is 0.493 e. The number of methoxy groups -OCH3 is 2. The summed E-state index contributed by atoms with van der Waals surface area (Å²) in [6.45, 7) is -0.476. The lowest BCUT2D eigenvalue weighted by molar-refractivity contribution is -0.142. The van der Waals surface area contributed by atoms with Gasteiger partial charge < -0.3 is 19.5 Å². The summed E-state index contributed by atoms with van der Waals surface area (Å²) < 4.78 is 15.4. The molecule has 0 spiro atoms. The number of hydrogen-bond acceptors (Lipinski definition) is 6. The van der Waals surface area contributed by atoms with E-state index in [-0.39, 0.29) is 5.02 Å². The first-order chi connectivity index (χ1) is 13.5. The number of hydrogen-bond donors (Lipinski definition) is 1. The van der Waals surface area contributed by atoms with E-state index in [0.29, 0.717) is 28.3 Å². The van der Waals surface area contributed by atoms with Crippen molar-refractivity contribution in [2.45, 2.75) is 0 Å². The average Bonchev–Trinajstić information content (AvgIpc) is 2.70. The smallest absolute Gasteiger partial charge is 0.331 e. The lowest BCUT2D eigenvalue weighted by Gasteiger charge is -2.09. The molecule has 0 radical (unpaired) electrons. The van der Waals surface area contributed by atoms with E-state index >= 15 is 0 Å². The third-order valence-electron chi connectivity index (χ3n) is 3.55. The summed E-state index contributed by atoms with van der Waals surface area (Å²) in [5.41, 5.74) is 1.31. The van der Waals surface area contributed by atoms with Crippen LogP contribution in [-0.4, -0.2) is 32.7 Å². The van der Waals surface area contributed by atoms with Crippen LogP contribution in [0, 0.1) is 11.3 Å². The molecule has 7 nitrogen and oxygen atoms in total. The number of ether oxygens (including phenoxy) is 3. The number of benzene rings is 2. The fourth-order valence-corrected chi connectivity index (χ4v) is 2.49. The second-order valence-electron chi connectivity index (χ2n) is 5.38. The van der Waals surface area contributed by atoms with Crippen LogP contribution in [0.5, 0.6) is 11.5 Å². The van der Waals surface area contributed by atoms with Crippen LogP contribution in [-0.2, 0) is 14.3 Å². The normalized spacial score (nSPS) is 10.2. The zero-order valence-corrected chi connectivity index (χ0v) is 15.9. The third-order valence-corrected chi connectivity index (χ3v) is 3.86. The van der Waals surface area contributed by atoms with Gasteiger partial charge in [0.15, 0.2) is 18.1 Å². The Morgan fingerprint density at radius 2 is 2.00 bits per heavy atom. The van der Waals surface area contributed by atoms with Crippen molar-refractivity contribution in [2.75, 3.05) is 26.1 Å². The molecule has 0 saturated heterocycles. The van der Waals surface area contributed by atoms with Gasteiger partial charge in [-0.05, 0) is 30.3 Å². The molecule has 0 aliphatic rings. The Bertz CT molecular complexity index is 950. The summed E-state index contributed by atoms with van der Waals surface area (Å²) in [4.78, 5) is 23.7. The number of amides is 1. The number of halogens is 1. The van der Waals surface area contributed by atoms with Crippen molar-refractivity contribution in [1.82, 2.24) is 0 Å². The van der Waals surface area contributed by atoms with Crippen LogP contribution in [0.4, 0.5) is 5.69 Å². The average molecular weight is 401 g/mol. The van der Waals surface area contributed by atoms with E-state index in [1.54, 1.807) is 18.2 Å². The summed E-state index contributed by atoms with van der Waals surface area (Å²) in [5, 5.41) is 11.6. The second-order valence-corrected chi connectivity index (χ2v) is 5.79. The highest BCUT2D eigenvalue weighted by atomic mass is 35.5. The molecule has 0 saturated carbocycles. The van der Waals surface area contributed by atoms with E-state index in [1.165, 1.54) is 44.6 Å². The minimum Gasteiger partial charge on any atom is -0.493 e. The van der Waals surface area contributed by atoms with Crippen LogP contribution in [0.1, 0.15) is 11.1 Å². The van der Waals surface area contributed by atoms with E-state index in [0.717, 1.165) is 0 Å². The van der Waals surface area contributed by atoms with Gasteiger partial charge >= 0.3 is 5.97 Å². The Kier molecular flexibility index (Phi) is 7.43. The monoisotopic (exact) mass is 400 g/mol. The van der Waals surface area contributed by atoms with E-state index in [2.05, 4.69) is 5.32 Å². The molecule has 1 amide bonds. The molecule has 2 aromatic rings. The van der Waals surface area contributed by atoms with Crippen molar-refractivity contribution in [3.05, 3.63) is 58.6 Å². The van der Waals surface area contributed by atoms with Crippen LogP contribution in [0.15, 0.2) is 42.5 Å². The first-order valence-electron chi connectivity index (χ1n) is 8.03. The SMILES string of the molecule is COc1cccc(/C=C/C(=O)OCC(=O)Nc2ccc(C#N)c(Cl)c2)c1OC. The predicted molar refractivity (Wildman–Crippen MR) is 104 cm³/mol. The number of para-hydroxylation sites is 1. The van der Waals surface area contributed by atoms with Crippen LogP contribution in [0.3, 0.4) is 0 Å². The van der Waals surface area contributed by atoms with Crippen molar-refractivity contribution in [3.8, 4) is 17.6 Å². The number of nitriles is 1. The third kappa shape index (κ3) is 5.50. The fraction of sp³-hybridized carbons (Fsp3) is 0.150. The van der Waals surface area contributed by atoms with Crippen molar-refractivity contribution >= 4 is 35.2 Å². The molecule has 0 fully saturated rings. The van der Waals surface area contributed by atoms with Gasteiger partial charge in [0.05, 0.1) is 24.8 Å². The molecule has 0 atom stereocenters. The maximum Gasteiger partial charge on any atom is 0.331 e. The Balaban J connectivity index is 1.92. The second kappa shape index (κ2) is 10.00. The zero-order chi connectivity index (χ0) is 20.5. The van der Waals surface area contributed by atoms with Crippen molar-refractivity contribution in [3.63, 3.8) is 0 Å². The summed E-state index contributed by atoms with van der Waals surface area (Å²) >= 11 is 5.90.